The second-order valence-corrected chi connectivity index (χ2v) is 4.31. The average molecular weight is 272 g/mol. The minimum atomic E-state index is -0.264. The van der Waals surface area contributed by atoms with Crippen molar-refractivity contribution >= 4 is 11.6 Å². The Bertz CT molecular complexity index is 609. The molecule has 0 saturated carbocycles. The maximum atomic E-state index is 11.9. The molecule has 0 aliphatic carbocycles. The summed E-state index contributed by atoms with van der Waals surface area (Å²) < 4.78 is 4.93. The van der Waals surface area contributed by atoms with E-state index in [1.807, 2.05) is 12.1 Å². The molecule has 0 fully saturated rings. The average Bonchev–Trinajstić information content (AvgIpc) is 2.46. The first-order valence-corrected chi connectivity index (χ1v) is 6.10. The molecule has 0 saturated heterocycles. The van der Waals surface area contributed by atoms with E-state index < -0.39 is 0 Å². The minimum Gasteiger partial charge on any atom is -0.504 e. The van der Waals surface area contributed by atoms with Gasteiger partial charge in [0, 0.05) is 17.8 Å². The standard InChI is InChI=1S/C15H16N2O3/c1-20-14-7-4-11(8-13(14)18)15(19)17-9-10-2-5-12(16)6-3-10/h2-8,18H,9,16H2,1H3,(H,17,19). The van der Waals surface area contributed by atoms with Crippen LogP contribution in [0.3, 0.4) is 0 Å². The fourth-order valence-corrected chi connectivity index (χ4v) is 1.75. The molecule has 0 atom stereocenters. The molecule has 1 amide bonds. The molecule has 4 N–H and O–H groups in total. The van der Waals surface area contributed by atoms with Gasteiger partial charge in [-0.1, -0.05) is 12.1 Å². The summed E-state index contributed by atoms with van der Waals surface area (Å²) in [5, 5.41) is 12.4. The predicted octanol–water partition coefficient (Wildman–Crippen LogP) is 1.91. The van der Waals surface area contributed by atoms with Crippen LogP contribution in [0.15, 0.2) is 42.5 Å². The van der Waals surface area contributed by atoms with E-state index in [4.69, 9.17) is 10.5 Å². The molecule has 0 spiro atoms. The van der Waals surface area contributed by atoms with Crippen LogP contribution in [0.25, 0.3) is 0 Å². The van der Waals surface area contributed by atoms with Gasteiger partial charge in [0.15, 0.2) is 11.5 Å². The van der Waals surface area contributed by atoms with Gasteiger partial charge in [-0.05, 0) is 35.9 Å². The molecule has 2 aromatic rings. The molecule has 0 unspecified atom stereocenters. The molecule has 5 nitrogen and oxygen atoms in total. The molecule has 5 heteroatoms. The summed E-state index contributed by atoms with van der Waals surface area (Å²) in [7, 11) is 1.45. The lowest BCUT2D eigenvalue weighted by molar-refractivity contribution is 0.0950. The van der Waals surface area contributed by atoms with Gasteiger partial charge in [-0.25, -0.2) is 0 Å². The van der Waals surface area contributed by atoms with Crippen molar-refractivity contribution in [1.29, 1.82) is 0 Å². The molecule has 0 radical (unpaired) electrons. The second kappa shape index (κ2) is 5.97. The zero-order valence-electron chi connectivity index (χ0n) is 11.1. The SMILES string of the molecule is COc1ccc(C(=O)NCc2ccc(N)cc2)cc1O. The first kappa shape index (κ1) is 13.7. The number of amides is 1. The largest absolute Gasteiger partial charge is 0.504 e. The van der Waals surface area contributed by atoms with E-state index in [1.54, 1.807) is 24.3 Å². The van der Waals surface area contributed by atoms with Crippen molar-refractivity contribution in [2.24, 2.45) is 0 Å². The number of rotatable bonds is 4. The summed E-state index contributed by atoms with van der Waals surface area (Å²) in [5.41, 5.74) is 7.59. The van der Waals surface area contributed by atoms with Gasteiger partial charge in [0.2, 0.25) is 0 Å². The molecule has 20 heavy (non-hydrogen) atoms. The summed E-state index contributed by atoms with van der Waals surface area (Å²) in [6, 6.07) is 11.8. The molecule has 0 heterocycles. The van der Waals surface area contributed by atoms with Crippen LogP contribution in [-0.2, 0) is 6.54 Å². The van der Waals surface area contributed by atoms with E-state index in [1.165, 1.54) is 13.2 Å². The van der Waals surface area contributed by atoms with E-state index in [9.17, 15) is 9.90 Å². The lowest BCUT2D eigenvalue weighted by Gasteiger charge is -2.08. The highest BCUT2D eigenvalue weighted by Crippen LogP contribution is 2.26. The number of anilines is 1. The van der Waals surface area contributed by atoms with Gasteiger partial charge < -0.3 is 20.9 Å². The van der Waals surface area contributed by atoms with E-state index in [-0.39, 0.29) is 11.7 Å². The molecule has 0 aromatic heterocycles. The number of aromatic hydroxyl groups is 1. The van der Waals surface area contributed by atoms with Crippen LogP contribution in [0.1, 0.15) is 15.9 Å². The fraction of sp³-hybridized carbons (Fsp3) is 0.133. The molecule has 0 aliphatic heterocycles. The number of hydrogen-bond donors (Lipinski definition) is 3. The first-order valence-electron chi connectivity index (χ1n) is 6.10. The highest BCUT2D eigenvalue weighted by molar-refractivity contribution is 5.94. The van der Waals surface area contributed by atoms with E-state index >= 15 is 0 Å². The Hall–Kier alpha value is -2.69. The molecular formula is C15H16N2O3. The summed E-state index contributed by atoms with van der Waals surface area (Å²) in [6.07, 6.45) is 0. The number of benzene rings is 2. The monoisotopic (exact) mass is 272 g/mol. The number of ether oxygens (including phenoxy) is 1. The molecular weight excluding hydrogens is 256 g/mol. The third-order valence-electron chi connectivity index (χ3n) is 2.87. The first-order chi connectivity index (χ1) is 9.60. The number of carbonyl (C=O) groups excluding carboxylic acids is 1. The van der Waals surface area contributed by atoms with Crippen molar-refractivity contribution in [3.05, 3.63) is 53.6 Å². The van der Waals surface area contributed by atoms with E-state index in [2.05, 4.69) is 5.32 Å². The molecule has 0 aliphatic rings. The van der Waals surface area contributed by atoms with E-state index in [0.717, 1.165) is 5.56 Å². The summed E-state index contributed by atoms with van der Waals surface area (Å²) in [4.78, 5) is 11.9. The summed E-state index contributed by atoms with van der Waals surface area (Å²) in [6.45, 7) is 0.395. The Kier molecular flexibility index (Phi) is 4.10. The van der Waals surface area contributed by atoms with Crippen LogP contribution in [0, 0.1) is 0 Å². The topological polar surface area (TPSA) is 84.6 Å². The number of hydrogen-bond acceptors (Lipinski definition) is 4. The van der Waals surface area contributed by atoms with Gasteiger partial charge in [0.1, 0.15) is 0 Å². The van der Waals surface area contributed by atoms with Crippen LogP contribution < -0.4 is 15.8 Å². The maximum Gasteiger partial charge on any atom is 0.251 e. The van der Waals surface area contributed by atoms with Gasteiger partial charge in [0.05, 0.1) is 7.11 Å². The Morgan fingerprint density at radius 3 is 2.55 bits per heavy atom. The number of nitrogens with one attached hydrogen (secondary N) is 1. The molecule has 0 bridgehead atoms. The van der Waals surface area contributed by atoms with E-state index in [0.29, 0.717) is 23.5 Å². The Morgan fingerprint density at radius 2 is 1.95 bits per heavy atom. The highest BCUT2D eigenvalue weighted by atomic mass is 16.5. The van der Waals surface area contributed by atoms with Crippen molar-refractivity contribution < 1.29 is 14.6 Å². The zero-order chi connectivity index (χ0) is 14.5. The Balaban J connectivity index is 2.01. The molecule has 104 valence electrons. The maximum absolute atomic E-state index is 11.9. The number of phenolic OH excluding ortho intramolecular Hbond substituents is 1. The van der Waals surface area contributed by atoms with Crippen LogP contribution >= 0.6 is 0 Å². The predicted molar refractivity (Wildman–Crippen MR) is 76.7 cm³/mol. The number of phenols is 1. The number of methoxy groups -OCH3 is 1. The van der Waals surface area contributed by atoms with Gasteiger partial charge in [-0.15, -0.1) is 0 Å². The van der Waals surface area contributed by atoms with Gasteiger partial charge in [0.25, 0.3) is 5.91 Å². The number of nitrogen functional groups attached to an aromatic ring is 1. The van der Waals surface area contributed by atoms with Crippen LogP contribution in [0.2, 0.25) is 0 Å². The third kappa shape index (κ3) is 3.20. The minimum absolute atomic E-state index is 0.0624. The van der Waals surface area contributed by atoms with Crippen molar-refractivity contribution in [1.82, 2.24) is 5.32 Å². The number of nitrogens with two attached hydrogens (primary N) is 1. The van der Waals surface area contributed by atoms with Gasteiger partial charge >= 0.3 is 0 Å². The molecule has 2 rings (SSSR count). The molecule has 2 aromatic carbocycles. The lowest BCUT2D eigenvalue weighted by atomic mass is 10.1. The summed E-state index contributed by atoms with van der Waals surface area (Å²) >= 11 is 0. The van der Waals surface area contributed by atoms with Crippen LogP contribution in [0.4, 0.5) is 5.69 Å². The second-order valence-electron chi connectivity index (χ2n) is 4.31. The quantitative estimate of drug-likeness (QED) is 0.742. The Morgan fingerprint density at radius 1 is 1.25 bits per heavy atom. The summed E-state index contributed by atoms with van der Waals surface area (Å²) in [5.74, 6) is 0.00694. The lowest BCUT2D eigenvalue weighted by Crippen LogP contribution is -2.22. The van der Waals surface area contributed by atoms with Crippen LogP contribution in [-0.4, -0.2) is 18.1 Å². The van der Waals surface area contributed by atoms with Gasteiger partial charge in [-0.3, -0.25) is 4.79 Å². The normalized spacial score (nSPS) is 10.1. The van der Waals surface area contributed by atoms with Gasteiger partial charge in [-0.2, -0.15) is 0 Å². The van der Waals surface area contributed by atoms with Crippen molar-refractivity contribution in [2.75, 3.05) is 12.8 Å². The van der Waals surface area contributed by atoms with Crippen LogP contribution in [0.5, 0.6) is 11.5 Å². The van der Waals surface area contributed by atoms with Crippen molar-refractivity contribution in [3.8, 4) is 11.5 Å². The highest BCUT2D eigenvalue weighted by Gasteiger charge is 2.09. The van der Waals surface area contributed by atoms with Crippen molar-refractivity contribution in [2.45, 2.75) is 6.54 Å². The zero-order valence-corrected chi connectivity index (χ0v) is 11.1. The smallest absolute Gasteiger partial charge is 0.251 e. The number of carbonyl (C=O) groups is 1. The van der Waals surface area contributed by atoms with Crippen molar-refractivity contribution in [3.63, 3.8) is 0 Å². The Labute approximate surface area is 117 Å². The third-order valence-corrected chi connectivity index (χ3v) is 2.87. The fourth-order valence-electron chi connectivity index (χ4n) is 1.75.